The summed E-state index contributed by atoms with van der Waals surface area (Å²) in [7, 11) is 0. The second-order valence-corrected chi connectivity index (χ2v) is 3.69. The fraction of sp³-hybridized carbons (Fsp3) is 0.308. The molecule has 0 amide bonds. The fourth-order valence-electron chi connectivity index (χ4n) is 1.75. The van der Waals surface area contributed by atoms with Gasteiger partial charge in [-0.25, -0.2) is 0 Å². The minimum atomic E-state index is 1.07. The van der Waals surface area contributed by atoms with Gasteiger partial charge in [-0.15, -0.1) is 0 Å². The van der Waals surface area contributed by atoms with E-state index in [4.69, 9.17) is 0 Å². The number of fused-ring (bicyclic) bond motifs is 1. The van der Waals surface area contributed by atoms with E-state index in [2.05, 4.69) is 49.2 Å². The molecule has 0 aliphatic rings. The second-order valence-electron chi connectivity index (χ2n) is 3.69. The average molecular weight is 185 g/mol. The lowest BCUT2D eigenvalue weighted by atomic mass is 10.1. The van der Waals surface area contributed by atoms with Gasteiger partial charge in [-0.3, -0.25) is 4.98 Å². The van der Waals surface area contributed by atoms with E-state index in [1.165, 1.54) is 16.6 Å². The zero-order chi connectivity index (χ0) is 9.97. The lowest BCUT2D eigenvalue weighted by Crippen LogP contribution is -1.90. The van der Waals surface area contributed by atoms with E-state index in [1.807, 2.05) is 0 Å². The molecule has 1 aromatic heterocycles. The SMILES string of the molecule is CCCc1ccc2c(C)cccc2n1. The van der Waals surface area contributed by atoms with Crippen molar-refractivity contribution < 1.29 is 0 Å². The second kappa shape index (κ2) is 3.79. The van der Waals surface area contributed by atoms with Crippen LogP contribution in [0, 0.1) is 6.92 Å². The first-order chi connectivity index (χ1) is 6.81. The number of hydrogen-bond donors (Lipinski definition) is 0. The highest BCUT2D eigenvalue weighted by molar-refractivity contribution is 5.81. The lowest BCUT2D eigenvalue weighted by Gasteiger charge is -2.03. The molecule has 0 saturated carbocycles. The molecule has 2 aromatic rings. The third kappa shape index (κ3) is 1.63. The van der Waals surface area contributed by atoms with E-state index in [0.717, 1.165) is 18.4 Å². The van der Waals surface area contributed by atoms with Crippen LogP contribution in [-0.2, 0) is 6.42 Å². The van der Waals surface area contributed by atoms with Crippen molar-refractivity contribution in [2.45, 2.75) is 26.7 Å². The maximum Gasteiger partial charge on any atom is 0.0707 e. The summed E-state index contributed by atoms with van der Waals surface area (Å²) < 4.78 is 0. The highest BCUT2D eigenvalue weighted by Gasteiger charge is 1.99. The van der Waals surface area contributed by atoms with Crippen molar-refractivity contribution >= 4 is 10.9 Å². The Bertz CT molecular complexity index is 446. The smallest absolute Gasteiger partial charge is 0.0707 e. The number of aryl methyl sites for hydroxylation is 2. The molecule has 0 unspecified atom stereocenters. The van der Waals surface area contributed by atoms with Gasteiger partial charge in [0.2, 0.25) is 0 Å². The van der Waals surface area contributed by atoms with Gasteiger partial charge in [-0.1, -0.05) is 31.5 Å². The Hall–Kier alpha value is -1.37. The average Bonchev–Trinajstić information content (AvgIpc) is 2.18. The first kappa shape index (κ1) is 9.20. The van der Waals surface area contributed by atoms with E-state index in [-0.39, 0.29) is 0 Å². The van der Waals surface area contributed by atoms with Crippen molar-refractivity contribution in [1.29, 1.82) is 0 Å². The fourth-order valence-corrected chi connectivity index (χ4v) is 1.75. The van der Waals surface area contributed by atoms with Crippen LogP contribution in [0.2, 0.25) is 0 Å². The number of nitrogens with zero attached hydrogens (tertiary/aromatic N) is 1. The van der Waals surface area contributed by atoms with Gasteiger partial charge in [0.25, 0.3) is 0 Å². The van der Waals surface area contributed by atoms with Gasteiger partial charge in [-0.2, -0.15) is 0 Å². The van der Waals surface area contributed by atoms with Crippen molar-refractivity contribution in [3.63, 3.8) is 0 Å². The Morgan fingerprint density at radius 2 is 2.00 bits per heavy atom. The van der Waals surface area contributed by atoms with Crippen LogP contribution >= 0.6 is 0 Å². The predicted molar refractivity (Wildman–Crippen MR) is 60.5 cm³/mol. The summed E-state index contributed by atoms with van der Waals surface area (Å²) in [6, 6.07) is 10.6. The van der Waals surface area contributed by atoms with Crippen LogP contribution in [0.25, 0.3) is 10.9 Å². The van der Waals surface area contributed by atoms with E-state index >= 15 is 0 Å². The van der Waals surface area contributed by atoms with E-state index in [9.17, 15) is 0 Å². The maximum atomic E-state index is 4.63. The largest absolute Gasteiger partial charge is 0.253 e. The Kier molecular flexibility index (Phi) is 2.49. The Labute approximate surface area is 84.8 Å². The first-order valence-electron chi connectivity index (χ1n) is 5.16. The summed E-state index contributed by atoms with van der Waals surface area (Å²) in [5, 5.41) is 1.27. The summed E-state index contributed by atoms with van der Waals surface area (Å²) in [4.78, 5) is 4.63. The number of aromatic nitrogens is 1. The molecule has 1 nitrogen and oxygen atoms in total. The Balaban J connectivity index is 2.56. The molecule has 1 aromatic carbocycles. The van der Waals surface area contributed by atoms with Gasteiger partial charge < -0.3 is 0 Å². The molecule has 0 aliphatic carbocycles. The molecule has 1 heterocycles. The molecular weight excluding hydrogens is 170 g/mol. The van der Waals surface area contributed by atoms with Crippen molar-refractivity contribution in [2.75, 3.05) is 0 Å². The van der Waals surface area contributed by atoms with Crippen LogP contribution in [0.3, 0.4) is 0 Å². The van der Waals surface area contributed by atoms with Crippen LogP contribution in [0.1, 0.15) is 24.6 Å². The van der Waals surface area contributed by atoms with E-state index < -0.39 is 0 Å². The van der Waals surface area contributed by atoms with Crippen LogP contribution < -0.4 is 0 Å². The summed E-state index contributed by atoms with van der Waals surface area (Å²) in [6.45, 7) is 4.31. The molecule has 0 saturated heterocycles. The Morgan fingerprint density at radius 1 is 1.14 bits per heavy atom. The van der Waals surface area contributed by atoms with E-state index in [1.54, 1.807) is 0 Å². The molecule has 72 valence electrons. The normalized spacial score (nSPS) is 10.7. The Morgan fingerprint density at radius 3 is 2.79 bits per heavy atom. The summed E-state index contributed by atoms with van der Waals surface area (Å²) in [5.41, 5.74) is 3.62. The molecule has 0 radical (unpaired) electrons. The molecular formula is C13H15N. The number of benzene rings is 1. The summed E-state index contributed by atoms with van der Waals surface area (Å²) in [5.74, 6) is 0. The van der Waals surface area contributed by atoms with Gasteiger partial charge in [0, 0.05) is 11.1 Å². The van der Waals surface area contributed by atoms with Gasteiger partial charge in [0.15, 0.2) is 0 Å². The lowest BCUT2D eigenvalue weighted by molar-refractivity contribution is 0.890. The molecule has 14 heavy (non-hydrogen) atoms. The molecule has 0 aliphatic heterocycles. The highest BCUT2D eigenvalue weighted by Crippen LogP contribution is 2.17. The zero-order valence-electron chi connectivity index (χ0n) is 8.75. The highest BCUT2D eigenvalue weighted by atomic mass is 14.7. The van der Waals surface area contributed by atoms with Crippen molar-refractivity contribution in [1.82, 2.24) is 4.98 Å². The molecule has 0 spiro atoms. The molecule has 0 atom stereocenters. The predicted octanol–water partition coefficient (Wildman–Crippen LogP) is 3.50. The van der Waals surface area contributed by atoms with Crippen molar-refractivity contribution in [3.05, 3.63) is 41.6 Å². The van der Waals surface area contributed by atoms with Crippen LogP contribution in [-0.4, -0.2) is 4.98 Å². The van der Waals surface area contributed by atoms with Gasteiger partial charge in [-0.05, 0) is 31.0 Å². The topological polar surface area (TPSA) is 12.9 Å². The molecule has 0 N–H and O–H groups in total. The zero-order valence-corrected chi connectivity index (χ0v) is 8.75. The molecule has 1 heteroatoms. The van der Waals surface area contributed by atoms with Crippen molar-refractivity contribution in [2.24, 2.45) is 0 Å². The summed E-state index contributed by atoms with van der Waals surface area (Å²) in [6.07, 6.45) is 2.23. The first-order valence-corrected chi connectivity index (χ1v) is 5.16. The minimum Gasteiger partial charge on any atom is -0.253 e. The number of hydrogen-bond acceptors (Lipinski definition) is 1. The minimum absolute atomic E-state index is 1.07. The molecule has 0 fully saturated rings. The van der Waals surface area contributed by atoms with Crippen LogP contribution in [0.4, 0.5) is 0 Å². The van der Waals surface area contributed by atoms with Crippen LogP contribution in [0.5, 0.6) is 0 Å². The van der Waals surface area contributed by atoms with Gasteiger partial charge in [0.1, 0.15) is 0 Å². The number of rotatable bonds is 2. The number of pyridine rings is 1. The standard InChI is InChI=1S/C13H15N/c1-3-5-11-8-9-12-10(2)6-4-7-13(12)14-11/h4,6-9H,3,5H2,1-2H3. The van der Waals surface area contributed by atoms with Gasteiger partial charge >= 0.3 is 0 Å². The monoisotopic (exact) mass is 185 g/mol. The summed E-state index contributed by atoms with van der Waals surface area (Å²) >= 11 is 0. The van der Waals surface area contributed by atoms with Gasteiger partial charge in [0.05, 0.1) is 5.52 Å². The van der Waals surface area contributed by atoms with Crippen molar-refractivity contribution in [3.8, 4) is 0 Å². The van der Waals surface area contributed by atoms with E-state index in [0.29, 0.717) is 0 Å². The quantitative estimate of drug-likeness (QED) is 0.697. The molecule has 0 bridgehead atoms. The van der Waals surface area contributed by atoms with Crippen LogP contribution in [0.15, 0.2) is 30.3 Å². The maximum absolute atomic E-state index is 4.63. The molecule has 2 rings (SSSR count). The third-order valence-electron chi connectivity index (χ3n) is 2.51. The third-order valence-corrected chi connectivity index (χ3v) is 2.51.